The van der Waals surface area contributed by atoms with Gasteiger partial charge in [-0.1, -0.05) is 27.7 Å². The van der Waals surface area contributed by atoms with E-state index in [-0.39, 0.29) is 23.1 Å². The first-order chi connectivity index (χ1) is 11.2. The van der Waals surface area contributed by atoms with Crippen LogP contribution in [0.5, 0.6) is 0 Å². The maximum absolute atomic E-state index is 12.4. The van der Waals surface area contributed by atoms with Crippen molar-refractivity contribution < 1.29 is 4.79 Å². The number of thioether (sulfide) groups is 1. The quantitative estimate of drug-likeness (QED) is 0.679. The van der Waals surface area contributed by atoms with E-state index in [1.807, 2.05) is 17.8 Å². The van der Waals surface area contributed by atoms with Gasteiger partial charge in [0, 0.05) is 21.8 Å². The SMILES string of the molecule is Cc1cc(SC(C)(C)C)ccc1NC(=O)CC(C)C1CCNCC1.Cl. The van der Waals surface area contributed by atoms with Gasteiger partial charge in [-0.2, -0.15) is 0 Å². The lowest BCUT2D eigenvalue weighted by Crippen LogP contribution is -2.32. The third kappa shape index (κ3) is 7.59. The molecule has 1 aromatic rings. The van der Waals surface area contributed by atoms with Crippen LogP contribution >= 0.6 is 24.2 Å². The standard InChI is InChI=1S/C20H32N2OS.ClH/c1-14(16-8-10-21-11-9-16)13-19(23)22-18-7-6-17(12-15(18)2)24-20(3,4)5;/h6-7,12,14,16,21H,8-11,13H2,1-5H3,(H,22,23);1H. The van der Waals surface area contributed by atoms with Crippen molar-refractivity contribution in [3.63, 3.8) is 0 Å². The normalized spacial score (nSPS) is 16.8. The van der Waals surface area contributed by atoms with Crippen molar-refractivity contribution in [3.8, 4) is 0 Å². The number of amides is 1. The van der Waals surface area contributed by atoms with Gasteiger partial charge in [-0.15, -0.1) is 24.2 Å². The van der Waals surface area contributed by atoms with Crippen LogP contribution in [0, 0.1) is 18.8 Å². The van der Waals surface area contributed by atoms with E-state index in [0.717, 1.165) is 24.3 Å². The number of benzene rings is 1. The molecule has 1 aliphatic heterocycles. The average Bonchev–Trinajstić information content (AvgIpc) is 2.49. The first-order valence-electron chi connectivity index (χ1n) is 9.05. The van der Waals surface area contributed by atoms with Gasteiger partial charge < -0.3 is 10.6 Å². The molecule has 5 heteroatoms. The summed E-state index contributed by atoms with van der Waals surface area (Å²) in [4.78, 5) is 13.7. The number of nitrogens with one attached hydrogen (secondary N) is 2. The Kier molecular flexibility index (Phi) is 8.79. The van der Waals surface area contributed by atoms with E-state index in [0.29, 0.717) is 18.3 Å². The molecule has 0 radical (unpaired) electrons. The third-order valence-corrected chi connectivity index (χ3v) is 5.69. The molecular formula is C20H33ClN2OS. The number of rotatable bonds is 5. The summed E-state index contributed by atoms with van der Waals surface area (Å²) >= 11 is 1.85. The van der Waals surface area contributed by atoms with Crippen molar-refractivity contribution in [1.82, 2.24) is 5.32 Å². The molecule has 0 bridgehead atoms. The fourth-order valence-electron chi connectivity index (χ4n) is 3.27. The molecule has 1 aliphatic rings. The summed E-state index contributed by atoms with van der Waals surface area (Å²) in [5.41, 5.74) is 2.07. The monoisotopic (exact) mass is 384 g/mol. The lowest BCUT2D eigenvalue weighted by atomic mass is 9.84. The van der Waals surface area contributed by atoms with Crippen molar-refractivity contribution in [2.24, 2.45) is 11.8 Å². The maximum Gasteiger partial charge on any atom is 0.224 e. The number of carbonyl (C=O) groups excluding carboxylic acids is 1. The molecule has 1 saturated heterocycles. The van der Waals surface area contributed by atoms with Gasteiger partial charge in [-0.05, 0) is 68.5 Å². The van der Waals surface area contributed by atoms with E-state index in [2.05, 4.69) is 57.4 Å². The third-order valence-electron chi connectivity index (χ3n) is 4.59. The topological polar surface area (TPSA) is 41.1 Å². The Morgan fingerprint density at radius 3 is 2.52 bits per heavy atom. The highest BCUT2D eigenvalue weighted by Gasteiger charge is 2.22. The molecule has 0 aromatic heterocycles. The zero-order valence-electron chi connectivity index (χ0n) is 16.1. The van der Waals surface area contributed by atoms with Crippen molar-refractivity contribution in [1.29, 1.82) is 0 Å². The Balaban J connectivity index is 0.00000312. The summed E-state index contributed by atoms with van der Waals surface area (Å²) in [5, 5.41) is 6.50. The first kappa shape index (κ1) is 22.3. The largest absolute Gasteiger partial charge is 0.326 e. The van der Waals surface area contributed by atoms with E-state index in [1.165, 1.54) is 17.7 Å². The van der Waals surface area contributed by atoms with Gasteiger partial charge >= 0.3 is 0 Å². The van der Waals surface area contributed by atoms with Crippen LogP contribution in [0.2, 0.25) is 0 Å². The number of halogens is 1. The van der Waals surface area contributed by atoms with E-state index in [1.54, 1.807) is 0 Å². The fourth-order valence-corrected chi connectivity index (χ4v) is 4.35. The van der Waals surface area contributed by atoms with Crippen LogP contribution in [-0.4, -0.2) is 23.7 Å². The van der Waals surface area contributed by atoms with Crippen molar-refractivity contribution >= 4 is 35.8 Å². The first-order valence-corrected chi connectivity index (χ1v) is 9.86. The van der Waals surface area contributed by atoms with Crippen molar-refractivity contribution in [2.45, 2.75) is 63.5 Å². The summed E-state index contributed by atoms with van der Waals surface area (Å²) in [6.45, 7) is 13.1. The number of aryl methyl sites for hydroxylation is 1. The molecule has 25 heavy (non-hydrogen) atoms. The van der Waals surface area contributed by atoms with Crippen LogP contribution in [0.15, 0.2) is 23.1 Å². The van der Waals surface area contributed by atoms with Crippen molar-refractivity contribution in [2.75, 3.05) is 18.4 Å². The highest BCUT2D eigenvalue weighted by molar-refractivity contribution is 8.00. The minimum Gasteiger partial charge on any atom is -0.326 e. The number of hydrogen-bond acceptors (Lipinski definition) is 3. The van der Waals surface area contributed by atoms with Gasteiger partial charge in [0.25, 0.3) is 0 Å². The minimum absolute atomic E-state index is 0. The number of hydrogen-bond donors (Lipinski definition) is 2. The van der Waals surface area contributed by atoms with Gasteiger partial charge in [-0.25, -0.2) is 0 Å². The molecule has 2 N–H and O–H groups in total. The zero-order valence-corrected chi connectivity index (χ0v) is 17.8. The molecule has 1 atom stereocenters. The highest BCUT2D eigenvalue weighted by Crippen LogP contribution is 2.33. The lowest BCUT2D eigenvalue weighted by Gasteiger charge is -2.28. The predicted octanol–water partition coefficient (Wildman–Crippen LogP) is 5.27. The van der Waals surface area contributed by atoms with E-state index >= 15 is 0 Å². The number of piperidine rings is 1. The van der Waals surface area contributed by atoms with E-state index in [4.69, 9.17) is 0 Å². The summed E-state index contributed by atoms with van der Waals surface area (Å²) < 4.78 is 0.196. The molecule has 1 amide bonds. The molecule has 1 unspecified atom stereocenters. The molecular weight excluding hydrogens is 352 g/mol. The molecule has 0 aliphatic carbocycles. The molecule has 1 aromatic carbocycles. The summed E-state index contributed by atoms with van der Waals surface area (Å²) in [7, 11) is 0. The van der Waals surface area contributed by atoms with Gasteiger partial charge in [0.2, 0.25) is 5.91 Å². The van der Waals surface area contributed by atoms with Crippen LogP contribution in [0.25, 0.3) is 0 Å². The lowest BCUT2D eigenvalue weighted by molar-refractivity contribution is -0.117. The second-order valence-electron chi connectivity index (χ2n) is 8.01. The zero-order chi connectivity index (χ0) is 17.7. The van der Waals surface area contributed by atoms with Crippen LogP contribution < -0.4 is 10.6 Å². The Labute approximate surface area is 163 Å². The Bertz CT molecular complexity index is 565. The smallest absolute Gasteiger partial charge is 0.224 e. The Hall–Kier alpha value is -0.710. The molecule has 1 fully saturated rings. The summed E-state index contributed by atoms with van der Waals surface area (Å²) in [6, 6.07) is 6.31. The second-order valence-corrected chi connectivity index (χ2v) is 9.91. The summed E-state index contributed by atoms with van der Waals surface area (Å²) in [6.07, 6.45) is 2.99. The highest BCUT2D eigenvalue weighted by atomic mass is 35.5. The second kappa shape index (κ2) is 9.84. The van der Waals surface area contributed by atoms with Crippen LogP contribution in [0.1, 0.15) is 52.5 Å². The van der Waals surface area contributed by atoms with Crippen LogP contribution in [-0.2, 0) is 4.79 Å². The Morgan fingerprint density at radius 1 is 1.32 bits per heavy atom. The van der Waals surface area contributed by atoms with Crippen molar-refractivity contribution in [3.05, 3.63) is 23.8 Å². The molecule has 2 rings (SSSR count). The van der Waals surface area contributed by atoms with Gasteiger partial charge in [0.15, 0.2) is 0 Å². The minimum atomic E-state index is 0. The van der Waals surface area contributed by atoms with E-state index < -0.39 is 0 Å². The fraction of sp³-hybridized carbons (Fsp3) is 0.650. The van der Waals surface area contributed by atoms with E-state index in [9.17, 15) is 4.79 Å². The van der Waals surface area contributed by atoms with Crippen LogP contribution in [0.4, 0.5) is 5.69 Å². The predicted molar refractivity (Wildman–Crippen MR) is 112 cm³/mol. The molecule has 0 saturated carbocycles. The molecule has 142 valence electrons. The van der Waals surface area contributed by atoms with Gasteiger partial charge in [0.05, 0.1) is 0 Å². The molecule has 0 spiro atoms. The number of carbonyl (C=O) groups is 1. The van der Waals surface area contributed by atoms with Crippen LogP contribution in [0.3, 0.4) is 0 Å². The molecule has 1 heterocycles. The molecule has 3 nitrogen and oxygen atoms in total. The average molecular weight is 385 g/mol. The van der Waals surface area contributed by atoms with Gasteiger partial charge in [0.1, 0.15) is 0 Å². The van der Waals surface area contributed by atoms with Gasteiger partial charge in [-0.3, -0.25) is 4.79 Å². The Morgan fingerprint density at radius 2 is 1.96 bits per heavy atom. The summed E-state index contributed by atoms with van der Waals surface area (Å²) in [5.74, 6) is 1.26. The maximum atomic E-state index is 12.4. The number of anilines is 1.